The number of hydrogen-bond acceptors (Lipinski definition) is 4. The number of carbonyl (C=O) groups is 1. The topological polar surface area (TPSA) is 51.2 Å². The average Bonchev–Trinajstić information content (AvgIpc) is 2.68. The van der Waals surface area contributed by atoms with Gasteiger partial charge in [-0.05, 0) is 36.5 Å². The van der Waals surface area contributed by atoms with E-state index < -0.39 is 5.97 Å². The Morgan fingerprint density at radius 2 is 1.88 bits per heavy atom. The van der Waals surface area contributed by atoms with E-state index in [4.69, 9.17) is 9.72 Å². The minimum absolute atomic E-state index is 0.0623. The Morgan fingerprint density at radius 3 is 2.46 bits per heavy atom. The van der Waals surface area contributed by atoms with Crippen LogP contribution in [0.25, 0.3) is 11.1 Å². The zero-order valence-corrected chi connectivity index (χ0v) is 16.1. The fourth-order valence-corrected chi connectivity index (χ4v) is 3.16. The van der Waals surface area contributed by atoms with Gasteiger partial charge in [0.15, 0.2) is 0 Å². The summed E-state index contributed by atoms with van der Waals surface area (Å²) >= 11 is 0. The molecule has 0 atom stereocenters. The lowest BCUT2D eigenvalue weighted by Gasteiger charge is -2.25. The van der Waals surface area contributed by atoms with Crippen LogP contribution in [0.5, 0.6) is 0 Å². The molecule has 1 aliphatic heterocycles. The van der Waals surface area contributed by atoms with E-state index in [1.54, 1.807) is 12.1 Å². The molecule has 1 aliphatic rings. The van der Waals surface area contributed by atoms with Crippen LogP contribution in [0.3, 0.4) is 0 Å². The van der Waals surface area contributed by atoms with E-state index in [2.05, 4.69) is 5.32 Å². The SMILES string of the molecule is CC.COC(=O)c1c(C(C)C)nc2c(c1-c1ccc(F)cc1)CCCN2. The number of ether oxygens (including phenoxy) is 1. The third-order valence-corrected chi connectivity index (χ3v) is 4.29. The maximum atomic E-state index is 13.4. The molecule has 1 aromatic heterocycles. The summed E-state index contributed by atoms with van der Waals surface area (Å²) in [4.78, 5) is 17.2. The summed E-state index contributed by atoms with van der Waals surface area (Å²) in [5, 5.41) is 3.33. The number of hydrogen-bond donors (Lipinski definition) is 1. The zero-order chi connectivity index (χ0) is 19.3. The molecule has 0 amide bonds. The third kappa shape index (κ3) is 3.87. The molecule has 1 aromatic carbocycles. The molecule has 2 aromatic rings. The molecule has 0 aliphatic carbocycles. The van der Waals surface area contributed by atoms with Crippen LogP contribution in [0.4, 0.5) is 10.2 Å². The fraction of sp³-hybridized carbons (Fsp3) is 0.429. The van der Waals surface area contributed by atoms with Gasteiger partial charge in [0.2, 0.25) is 0 Å². The predicted octanol–water partition coefficient (Wildman–Crippen LogP) is 5.18. The standard InChI is InChI=1S/C19H21FN2O2.C2H6/c1-11(2)17-16(19(23)24-3)15(12-6-8-13(20)9-7-12)14-5-4-10-21-18(14)22-17;1-2/h6-9,11H,4-5,10H2,1-3H3,(H,21,22);1-2H3. The van der Waals surface area contributed by atoms with Gasteiger partial charge in [-0.3, -0.25) is 0 Å². The molecule has 0 fully saturated rings. The van der Waals surface area contributed by atoms with Crippen molar-refractivity contribution in [3.05, 3.63) is 46.9 Å². The van der Waals surface area contributed by atoms with Crippen molar-refractivity contribution in [1.82, 2.24) is 4.98 Å². The van der Waals surface area contributed by atoms with E-state index in [0.717, 1.165) is 41.9 Å². The summed E-state index contributed by atoms with van der Waals surface area (Å²) in [6, 6.07) is 6.23. The summed E-state index contributed by atoms with van der Waals surface area (Å²) in [5.74, 6) is 0.173. The number of benzene rings is 1. The van der Waals surface area contributed by atoms with E-state index in [1.165, 1.54) is 19.2 Å². The van der Waals surface area contributed by atoms with Crippen molar-refractivity contribution in [3.63, 3.8) is 0 Å². The second-order valence-corrected chi connectivity index (χ2v) is 6.26. The highest BCUT2D eigenvalue weighted by atomic mass is 19.1. The molecule has 0 radical (unpaired) electrons. The normalized spacial score (nSPS) is 12.6. The quantitative estimate of drug-likeness (QED) is 0.768. The van der Waals surface area contributed by atoms with Crippen molar-refractivity contribution in [2.45, 2.75) is 46.5 Å². The first-order valence-corrected chi connectivity index (χ1v) is 9.17. The number of nitrogens with zero attached hydrogens (tertiary/aromatic N) is 1. The molecule has 26 heavy (non-hydrogen) atoms. The summed E-state index contributed by atoms with van der Waals surface area (Å²) in [6.07, 6.45) is 1.79. The molecular weight excluding hydrogens is 331 g/mol. The summed E-state index contributed by atoms with van der Waals surface area (Å²) < 4.78 is 18.4. The molecule has 0 bridgehead atoms. The van der Waals surface area contributed by atoms with E-state index in [9.17, 15) is 9.18 Å². The van der Waals surface area contributed by atoms with Crippen LogP contribution >= 0.6 is 0 Å². The molecular formula is C21H27FN2O2. The van der Waals surface area contributed by atoms with Crippen LogP contribution in [0, 0.1) is 5.82 Å². The van der Waals surface area contributed by atoms with Gasteiger partial charge in [-0.25, -0.2) is 14.2 Å². The highest BCUT2D eigenvalue weighted by molar-refractivity contribution is 6.00. The van der Waals surface area contributed by atoms with Crippen LogP contribution in [0.1, 0.15) is 61.6 Å². The largest absolute Gasteiger partial charge is 0.465 e. The van der Waals surface area contributed by atoms with Crippen molar-refractivity contribution < 1.29 is 13.9 Å². The Kier molecular flexibility index (Phi) is 6.72. The van der Waals surface area contributed by atoms with Gasteiger partial charge in [0.05, 0.1) is 18.4 Å². The first-order chi connectivity index (χ1) is 12.5. The lowest BCUT2D eigenvalue weighted by molar-refractivity contribution is 0.0599. The first kappa shape index (κ1) is 19.9. The molecule has 0 unspecified atom stereocenters. The van der Waals surface area contributed by atoms with Gasteiger partial charge in [0.1, 0.15) is 11.6 Å². The molecule has 0 saturated carbocycles. The maximum absolute atomic E-state index is 13.4. The van der Waals surface area contributed by atoms with Crippen molar-refractivity contribution in [2.24, 2.45) is 0 Å². The summed E-state index contributed by atoms with van der Waals surface area (Å²) in [5.41, 5.74) is 3.80. The van der Waals surface area contributed by atoms with Crippen LogP contribution in [0.2, 0.25) is 0 Å². The lowest BCUT2D eigenvalue weighted by atomic mass is 9.88. The smallest absolute Gasteiger partial charge is 0.340 e. The molecule has 4 nitrogen and oxygen atoms in total. The number of anilines is 1. The van der Waals surface area contributed by atoms with Gasteiger partial charge in [0, 0.05) is 17.7 Å². The van der Waals surface area contributed by atoms with E-state index in [-0.39, 0.29) is 11.7 Å². The monoisotopic (exact) mass is 358 g/mol. The molecule has 2 heterocycles. The fourth-order valence-electron chi connectivity index (χ4n) is 3.16. The molecule has 5 heteroatoms. The minimum Gasteiger partial charge on any atom is -0.465 e. The molecule has 0 saturated heterocycles. The van der Waals surface area contributed by atoms with Gasteiger partial charge in [0.25, 0.3) is 0 Å². The van der Waals surface area contributed by atoms with Gasteiger partial charge in [-0.15, -0.1) is 0 Å². The Bertz CT molecular complexity index is 771. The molecule has 140 valence electrons. The number of methoxy groups -OCH3 is 1. The Balaban J connectivity index is 0.00000117. The highest BCUT2D eigenvalue weighted by Gasteiger charge is 2.28. The lowest BCUT2D eigenvalue weighted by Crippen LogP contribution is -2.20. The number of rotatable bonds is 3. The first-order valence-electron chi connectivity index (χ1n) is 9.17. The van der Waals surface area contributed by atoms with Crippen LogP contribution < -0.4 is 5.32 Å². The minimum atomic E-state index is -0.404. The number of nitrogens with one attached hydrogen (secondary N) is 1. The molecule has 3 rings (SSSR count). The molecule has 0 spiro atoms. The Morgan fingerprint density at radius 1 is 1.23 bits per heavy atom. The van der Waals surface area contributed by atoms with E-state index in [1.807, 2.05) is 27.7 Å². The average molecular weight is 358 g/mol. The Hall–Kier alpha value is -2.43. The van der Waals surface area contributed by atoms with Gasteiger partial charge in [-0.2, -0.15) is 0 Å². The van der Waals surface area contributed by atoms with Crippen LogP contribution in [-0.2, 0) is 11.2 Å². The number of aromatic nitrogens is 1. The number of fused-ring (bicyclic) bond motifs is 1. The van der Waals surface area contributed by atoms with Gasteiger partial charge in [-0.1, -0.05) is 39.8 Å². The number of carbonyl (C=O) groups excluding carboxylic acids is 1. The van der Waals surface area contributed by atoms with E-state index in [0.29, 0.717) is 11.3 Å². The third-order valence-electron chi connectivity index (χ3n) is 4.29. The molecule has 1 N–H and O–H groups in total. The van der Waals surface area contributed by atoms with Crippen LogP contribution in [-0.4, -0.2) is 24.6 Å². The van der Waals surface area contributed by atoms with Crippen molar-refractivity contribution in [3.8, 4) is 11.1 Å². The zero-order valence-electron chi connectivity index (χ0n) is 16.1. The van der Waals surface area contributed by atoms with Crippen molar-refractivity contribution in [2.75, 3.05) is 19.0 Å². The highest BCUT2D eigenvalue weighted by Crippen LogP contribution is 2.38. The Labute approximate surface area is 154 Å². The van der Waals surface area contributed by atoms with E-state index >= 15 is 0 Å². The summed E-state index contributed by atoms with van der Waals surface area (Å²) in [7, 11) is 1.37. The van der Waals surface area contributed by atoms with Crippen molar-refractivity contribution >= 4 is 11.8 Å². The second-order valence-electron chi connectivity index (χ2n) is 6.26. The summed E-state index contributed by atoms with van der Waals surface area (Å²) in [6.45, 7) is 8.86. The van der Waals surface area contributed by atoms with Crippen LogP contribution in [0.15, 0.2) is 24.3 Å². The number of pyridine rings is 1. The van der Waals surface area contributed by atoms with Gasteiger partial charge >= 0.3 is 5.97 Å². The number of esters is 1. The maximum Gasteiger partial charge on any atom is 0.340 e. The van der Waals surface area contributed by atoms with Crippen molar-refractivity contribution in [1.29, 1.82) is 0 Å². The van der Waals surface area contributed by atoms with Gasteiger partial charge < -0.3 is 10.1 Å². The number of halogens is 1. The predicted molar refractivity (Wildman–Crippen MR) is 103 cm³/mol. The second kappa shape index (κ2) is 8.79.